The van der Waals surface area contributed by atoms with Crippen molar-refractivity contribution in [2.45, 2.75) is 103 Å². The van der Waals surface area contributed by atoms with Crippen LogP contribution in [0.15, 0.2) is 12.2 Å². The van der Waals surface area contributed by atoms with E-state index in [9.17, 15) is 24.6 Å². The monoisotopic (exact) mass is 470 g/mol. The molecule has 0 aromatic rings. The van der Waals surface area contributed by atoms with Crippen LogP contribution < -0.4 is 0 Å². The van der Waals surface area contributed by atoms with Crippen LogP contribution in [0, 0.1) is 11.8 Å². The average molecular weight is 471 g/mol. The van der Waals surface area contributed by atoms with Gasteiger partial charge >= 0.3 is 11.9 Å². The van der Waals surface area contributed by atoms with Crippen molar-refractivity contribution in [1.82, 2.24) is 0 Å². The highest BCUT2D eigenvalue weighted by atomic mass is 16.6. The van der Waals surface area contributed by atoms with E-state index in [2.05, 4.69) is 6.92 Å². The molecule has 190 valence electrons. The van der Waals surface area contributed by atoms with E-state index >= 15 is 0 Å². The highest BCUT2D eigenvalue weighted by Gasteiger charge is 2.39. The molecule has 1 saturated carbocycles. The fourth-order valence-corrected chi connectivity index (χ4v) is 4.16. The van der Waals surface area contributed by atoms with Crippen molar-refractivity contribution < 1.29 is 39.2 Å². The summed E-state index contributed by atoms with van der Waals surface area (Å²) in [7, 11) is 0. The van der Waals surface area contributed by atoms with Crippen molar-refractivity contribution in [1.29, 1.82) is 0 Å². The number of ketones is 1. The molecule has 1 aliphatic rings. The zero-order chi connectivity index (χ0) is 24.6. The van der Waals surface area contributed by atoms with E-state index in [0.717, 1.165) is 44.9 Å². The van der Waals surface area contributed by atoms with Crippen LogP contribution in [0.5, 0.6) is 0 Å². The van der Waals surface area contributed by atoms with Gasteiger partial charge in [-0.05, 0) is 25.2 Å². The molecule has 1 aliphatic carbocycles. The highest BCUT2D eigenvalue weighted by Crippen LogP contribution is 2.34. The Kier molecular flexibility index (Phi) is 14.9. The summed E-state index contributed by atoms with van der Waals surface area (Å²) in [5.41, 5.74) is 0. The minimum Gasteiger partial charge on any atom is -0.462 e. The summed E-state index contributed by atoms with van der Waals surface area (Å²) in [4.78, 5) is 34.9. The third-order valence-corrected chi connectivity index (χ3v) is 6.02. The number of carbonyl (C=O) groups is 3. The number of carbonyl (C=O) groups excluding carboxylic acids is 3. The zero-order valence-corrected chi connectivity index (χ0v) is 20.1. The van der Waals surface area contributed by atoms with Gasteiger partial charge in [-0.2, -0.15) is 0 Å². The topological polar surface area (TPSA) is 130 Å². The Labute approximate surface area is 197 Å². The number of aliphatic hydroxyl groups is 3. The Morgan fingerprint density at radius 3 is 2.55 bits per heavy atom. The second-order valence-corrected chi connectivity index (χ2v) is 8.93. The van der Waals surface area contributed by atoms with E-state index in [1.54, 1.807) is 12.2 Å². The molecule has 0 heterocycles. The lowest BCUT2D eigenvalue weighted by Gasteiger charge is -2.19. The van der Waals surface area contributed by atoms with E-state index in [-0.39, 0.29) is 37.1 Å². The van der Waals surface area contributed by atoms with Crippen LogP contribution in [0.1, 0.15) is 84.5 Å². The lowest BCUT2D eigenvalue weighted by Crippen LogP contribution is -2.27. The van der Waals surface area contributed by atoms with E-state index in [1.807, 2.05) is 0 Å². The minimum atomic E-state index is -0.841. The number of hydrogen-bond acceptors (Lipinski definition) is 8. The fraction of sp³-hybridized carbons (Fsp3) is 0.800. The Bertz CT molecular complexity index is 618. The standard InChI is InChI=1S/C25H42O8/c1-3-4-7-10-19(28)13-14-22-21(23(29)15-24(22)30)11-8-5-6-9-12-25(31)32-17-20(16-26)33-18(2)27/h13-14,19-23,26,28-29H,3-12,15-17H2,1-2H3/b14-13+/t19-,20-,21+,22+,23-/m0/s1. The van der Waals surface area contributed by atoms with Gasteiger partial charge < -0.3 is 24.8 Å². The second-order valence-electron chi connectivity index (χ2n) is 8.93. The fourth-order valence-electron chi connectivity index (χ4n) is 4.16. The van der Waals surface area contributed by atoms with E-state index < -0.39 is 36.9 Å². The Morgan fingerprint density at radius 1 is 1.15 bits per heavy atom. The molecule has 0 saturated heterocycles. The molecular weight excluding hydrogens is 428 g/mol. The number of Topliss-reactive ketones (excluding diaryl/α,β-unsaturated/α-hetero) is 1. The predicted molar refractivity (Wildman–Crippen MR) is 123 cm³/mol. The number of esters is 2. The summed E-state index contributed by atoms with van der Waals surface area (Å²) < 4.78 is 9.83. The molecule has 1 fully saturated rings. The molecule has 8 heteroatoms. The molecular formula is C25H42O8. The molecule has 0 bridgehead atoms. The zero-order valence-electron chi connectivity index (χ0n) is 20.1. The Hall–Kier alpha value is -1.77. The first-order valence-electron chi connectivity index (χ1n) is 12.3. The van der Waals surface area contributed by atoms with Gasteiger partial charge in [0.2, 0.25) is 0 Å². The Morgan fingerprint density at radius 2 is 1.88 bits per heavy atom. The molecule has 0 aromatic carbocycles. The summed E-state index contributed by atoms with van der Waals surface area (Å²) in [5, 5.41) is 29.5. The van der Waals surface area contributed by atoms with Crippen molar-refractivity contribution >= 4 is 17.7 Å². The average Bonchev–Trinajstić information content (AvgIpc) is 3.04. The van der Waals surface area contributed by atoms with Gasteiger partial charge in [-0.1, -0.05) is 57.6 Å². The molecule has 0 unspecified atom stereocenters. The van der Waals surface area contributed by atoms with Crippen LogP contribution in [-0.2, 0) is 23.9 Å². The van der Waals surface area contributed by atoms with Crippen molar-refractivity contribution in [3.05, 3.63) is 12.2 Å². The maximum atomic E-state index is 12.3. The van der Waals surface area contributed by atoms with Gasteiger partial charge in [-0.25, -0.2) is 0 Å². The van der Waals surface area contributed by atoms with Gasteiger partial charge in [0.15, 0.2) is 6.10 Å². The smallest absolute Gasteiger partial charge is 0.305 e. The maximum Gasteiger partial charge on any atom is 0.305 e. The molecule has 1 rings (SSSR count). The van der Waals surface area contributed by atoms with Gasteiger partial charge in [0.05, 0.1) is 18.8 Å². The van der Waals surface area contributed by atoms with E-state index in [0.29, 0.717) is 12.8 Å². The number of unbranched alkanes of at least 4 members (excludes halogenated alkanes) is 5. The predicted octanol–water partition coefficient (Wildman–Crippen LogP) is 2.86. The van der Waals surface area contributed by atoms with Gasteiger partial charge in [0, 0.05) is 25.7 Å². The third kappa shape index (κ3) is 12.3. The number of allylic oxidation sites excluding steroid dienone is 1. The van der Waals surface area contributed by atoms with Crippen LogP contribution in [0.2, 0.25) is 0 Å². The van der Waals surface area contributed by atoms with Crippen molar-refractivity contribution in [3.8, 4) is 0 Å². The lowest BCUT2D eigenvalue weighted by molar-refractivity contribution is -0.159. The summed E-state index contributed by atoms with van der Waals surface area (Å²) >= 11 is 0. The molecule has 0 aliphatic heterocycles. The summed E-state index contributed by atoms with van der Waals surface area (Å²) in [6.45, 7) is 2.76. The quantitative estimate of drug-likeness (QED) is 0.168. The number of rotatable bonds is 17. The van der Waals surface area contributed by atoms with Crippen LogP contribution in [0.3, 0.4) is 0 Å². The third-order valence-electron chi connectivity index (χ3n) is 6.02. The van der Waals surface area contributed by atoms with Gasteiger partial charge in [0.25, 0.3) is 0 Å². The van der Waals surface area contributed by atoms with Crippen LogP contribution in [-0.4, -0.2) is 64.6 Å². The van der Waals surface area contributed by atoms with Crippen molar-refractivity contribution in [2.24, 2.45) is 11.8 Å². The second kappa shape index (κ2) is 16.8. The normalized spacial score (nSPS) is 22.5. The first-order chi connectivity index (χ1) is 15.8. The lowest BCUT2D eigenvalue weighted by atomic mass is 9.88. The number of ether oxygens (including phenoxy) is 2. The molecule has 0 radical (unpaired) electrons. The van der Waals surface area contributed by atoms with Crippen LogP contribution >= 0.6 is 0 Å². The number of hydrogen-bond donors (Lipinski definition) is 3. The van der Waals surface area contributed by atoms with Crippen molar-refractivity contribution in [2.75, 3.05) is 13.2 Å². The first-order valence-corrected chi connectivity index (χ1v) is 12.3. The van der Waals surface area contributed by atoms with Gasteiger partial charge in [-0.3, -0.25) is 14.4 Å². The number of aliphatic hydroxyl groups excluding tert-OH is 3. The largest absolute Gasteiger partial charge is 0.462 e. The first kappa shape index (κ1) is 29.3. The summed E-state index contributed by atoms with van der Waals surface area (Å²) in [5.74, 6) is -1.38. The summed E-state index contributed by atoms with van der Waals surface area (Å²) in [6.07, 6.45) is 9.56. The SMILES string of the molecule is CCCCC[C@H](O)/C=C/[C@H]1C(=O)C[C@H](O)[C@@H]1CCCCCCC(=O)OC[C@H](CO)OC(C)=O. The van der Waals surface area contributed by atoms with E-state index in [1.165, 1.54) is 6.92 Å². The highest BCUT2D eigenvalue weighted by molar-refractivity contribution is 5.86. The van der Waals surface area contributed by atoms with Gasteiger partial charge in [-0.15, -0.1) is 0 Å². The maximum absolute atomic E-state index is 12.3. The molecule has 8 nitrogen and oxygen atoms in total. The molecule has 0 spiro atoms. The molecule has 5 atom stereocenters. The summed E-state index contributed by atoms with van der Waals surface area (Å²) in [6, 6.07) is 0. The minimum absolute atomic E-state index is 0.0298. The Balaban J connectivity index is 2.27. The van der Waals surface area contributed by atoms with Crippen LogP contribution in [0.25, 0.3) is 0 Å². The van der Waals surface area contributed by atoms with Gasteiger partial charge in [0.1, 0.15) is 12.4 Å². The van der Waals surface area contributed by atoms with Crippen LogP contribution in [0.4, 0.5) is 0 Å². The molecule has 0 aromatic heterocycles. The molecule has 3 N–H and O–H groups in total. The molecule has 33 heavy (non-hydrogen) atoms. The van der Waals surface area contributed by atoms with E-state index in [4.69, 9.17) is 14.6 Å². The molecule has 0 amide bonds. The van der Waals surface area contributed by atoms with Crippen molar-refractivity contribution in [3.63, 3.8) is 0 Å².